The topological polar surface area (TPSA) is 52.0 Å². The SMILES string of the molecule is CC(C)n1nc([C@@H]2CCOC2)nc1CNC1CC1. The van der Waals surface area contributed by atoms with Gasteiger partial charge in [-0.05, 0) is 33.1 Å². The van der Waals surface area contributed by atoms with Crippen molar-refractivity contribution in [3.8, 4) is 0 Å². The Labute approximate surface area is 108 Å². The molecule has 1 N–H and O–H groups in total. The maximum absolute atomic E-state index is 5.42. The molecule has 1 saturated heterocycles. The summed E-state index contributed by atoms with van der Waals surface area (Å²) in [6.45, 7) is 6.77. The molecule has 2 fully saturated rings. The van der Waals surface area contributed by atoms with Crippen molar-refractivity contribution in [2.24, 2.45) is 0 Å². The Balaban J connectivity index is 1.75. The minimum absolute atomic E-state index is 0.365. The second-order valence-corrected chi connectivity index (χ2v) is 5.64. The van der Waals surface area contributed by atoms with Gasteiger partial charge in [-0.15, -0.1) is 0 Å². The van der Waals surface area contributed by atoms with E-state index >= 15 is 0 Å². The molecule has 1 saturated carbocycles. The van der Waals surface area contributed by atoms with E-state index in [1.165, 1.54) is 12.8 Å². The van der Waals surface area contributed by atoms with Gasteiger partial charge in [-0.3, -0.25) is 0 Å². The molecule has 100 valence electrons. The van der Waals surface area contributed by atoms with Crippen molar-refractivity contribution in [3.63, 3.8) is 0 Å². The van der Waals surface area contributed by atoms with Gasteiger partial charge in [0.25, 0.3) is 0 Å². The van der Waals surface area contributed by atoms with Crippen molar-refractivity contribution in [2.75, 3.05) is 13.2 Å². The van der Waals surface area contributed by atoms with E-state index in [0.29, 0.717) is 18.0 Å². The molecule has 1 aromatic rings. The molecule has 3 rings (SSSR count). The number of nitrogens with zero attached hydrogens (tertiary/aromatic N) is 3. The Kier molecular flexibility index (Phi) is 3.35. The first-order valence-electron chi connectivity index (χ1n) is 7.00. The number of rotatable bonds is 5. The van der Waals surface area contributed by atoms with Gasteiger partial charge < -0.3 is 10.1 Å². The van der Waals surface area contributed by atoms with E-state index < -0.39 is 0 Å². The lowest BCUT2D eigenvalue weighted by molar-refractivity contribution is 0.193. The van der Waals surface area contributed by atoms with Gasteiger partial charge >= 0.3 is 0 Å². The highest BCUT2D eigenvalue weighted by molar-refractivity contribution is 5.02. The van der Waals surface area contributed by atoms with Crippen LogP contribution in [-0.4, -0.2) is 34.0 Å². The van der Waals surface area contributed by atoms with Crippen LogP contribution in [0.2, 0.25) is 0 Å². The summed E-state index contributed by atoms with van der Waals surface area (Å²) in [4.78, 5) is 4.72. The molecule has 1 aliphatic heterocycles. The van der Waals surface area contributed by atoms with Crippen LogP contribution in [-0.2, 0) is 11.3 Å². The molecule has 5 heteroatoms. The fourth-order valence-corrected chi connectivity index (χ4v) is 2.34. The van der Waals surface area contributed by atoms with Crippen molar-refractivity contribution in [1.82, 2.24) is 20.1 Å². The summed E-state index contributed by atoms with van der Waals surface area (Å²) >= 11 is 0. The molecule has 0 bridgehead atoms. The molecule has 2 aliphatic rings. The van der Waals surface area contributed by atoms with Crippen LogP contribution in [0.4, 0.5) is 0 Å². The Bertz CT molecular complexity index is 405. The van der Waals surface area contributed by atoms with E-state index in [1.807, 2.05) is 0 Å². The minimum Gasteiger partial charge on any atom is -0.381 e. The predicted octanol–water partition coefficient (Wildman–Crippen LogP) is 1.61. The molecule has 0 radical (unpaired) electrons. The van der Waals surface area contributed by atoms with Crippen molar-refractivity contribution >= 4 is 0 Å². The molecular weight excluding hydrogens is 228 g/mol. The van der Waals surface area contributed by atoms with Crippen LogP contribution in [0.5, 0.6) is 0 Å². The van der Waals surface area contributed by atoms with Crippen LogP contribution < -0.4 is 5.32 Å². The molecule has 0 spiro atoms. The molecule has 0 amide bonds. The second-order valence-electron chi connectivity index (χ2n) is 5.64. The average molecular weight is 250 g/mol. The number of ether oxygens (including phenoxy) is 1. The molecule has 1 aromatic heterocycles. The maximum atomic E-state index is 5.42. The zero-order valence-electron chi connectivity index (χ0n) is 11.2. The molecule has 2 heterocycles. The predicted molar refractivity (Wildman–Crippen MR) is 68.4 cm³/mol. The van der Waals surface area contributed by atoms with Crippen LogP contribution in [0.3, 0.4) is 0 Å². The van der Waals surface area contributed by atoms with Crippen LogP contribution in [0.1, 0.15) is 56.7 Å². The zero-order valence-corrected chi connectivity index (χ0v) is 11.2. The first-order valence-corrected chi connectivity index (χ1v) is 7.00. The number of aromatic nitrogens is 3. The summed E-state index contributed by atoms with van der Waals surface area (Å²) in [5.41, 5.74) is 0. The number of hydrogen-bond acceptors (Lipinski definition) is 4. The van der Waals surface area contributed by atoms with Crippen molar-refractivity contribution in [1.29, 1.82) is 0 Å². The van der Waals surface area contributed by atoms with Gasteiger partial charge in [-0.1, -0.05) is 0 Å². The summed E-state index contributed by atoms with van der Waals surface area (Å²) in [7, 11) is 0. The summed E-state index contributed by atoms with van der Waals surface area (Å²) in [5.74, 6) is 2.43. The van der Waals surface area contributed by atoms with Gasteiger partial charge in [0.1, 0.15) is 5.82 Å². The standard InChI is InChI=1S/C13H22N4O/c1-9(2)17-12(7-14-11-3-4-11)15-13(16-17)10-5-6-18-8-10/h9-11,14H,3-8H2,1-2H3/t10-/m1/s1. The Morgan fingerprint density at radius 3 is 2.83 bits per heavy atom. The fourth-order valence-electron chi connectivity index (χ4n) is 2.34. The number of nitrogens with one attached hydrogen (secondary N) is 1. The molecule has 0 unspecified atom stereocenters. The molecule has 0 aromatic carbocycles. The van der Waals surface area contributed by atoms with E-state index in [1.54, 1.807) is 0 Å². The van der Waals surface area contributed by atoms with Crippen LogP contribution in [0, 0.1) is 0 Å². The van der Waals surface area contributed by atoms with Crippen molar-refractivity contribution in [3.05, 3.63) is 11.6 Å². The summed E-state index contributed by atoms with van der Waals surface area (Å²) in [5, 5.41) is 8.19. The lowest BCUT2D eigenvalue weighted by Gasteiger charge is -2.09. The summed E-state index contributed by atoms with van der Waals surface area (Å²) < 4.78 is 7.48. The van der Waals surface area contributed by atoms with Gasteiger partial charge in [0.05, 0.1) is 13.2 Å². The Hall–Kier alpha value is -0.940. The third-order valence-electron chi connectivity index (χ3n) is 3.63. The van der Waals surface area contributed by atoms with Gasteiger partial charge in [0.2, 0.25) is 0 Å². The largest absolute Gasteiger partial charge is 0.381 e. The first-order chi connectivity index (χ1) is 8.74. The Morgan fingerprint density at radius 2 is 2.22 bits per heavy atom. The monoisotopic (exact) mass is 250 g/mol. The fraction of sp³-hybridized carbons (Fsp3) is 0.846. The molecular formula is C13H22N4O. The minimum atomic E-state index is 0.365. The Morgan fingerprint density at radius 1 is 1.39 bits per heavy atom. The molecule has 1 aliphatic carbocycles. The molecule has 5 nitrogen and oxygen atoms in total. The van der Waals surface area contributed by atoms with Crippen LogP contribution >= 0.6 is 0 Å². The zero-order chi connectivity index (χ0) is 12.5. The highest BCUT2D eigenvalue weighted by Gasteiger charge is 2.25. The average Bonchev–Trinajstić information content (AvgIpc) is 2.87. The van der Waals surface area contributed by atoms with E-state index in [2.05, 4.69) is 28.9 Å². The third kappa shape index (κ3) is 2.57. The number of hydrogen-bond donors (Lipinski definition) is 1. The first kappa shape index (κ1) is 12.1. The van der Waals surface area contributed by atoms with E-state index in [0.717, 1.165) is 37.8 Å². The van der Waals surface area contributed by atoms with Crippen LogP contribution in [0.15, 0.2) is 0 Å². The van der Waals surface area contributed by atoms with E-state index in [4.69, 9.17) is 9.72 Å². The molecule has 1 atom stereocenters. The summed E-state index contributed by atoms with van der Waals surface area (Å²) in [6.07, 6.45) is 3.66. The van der Waals surface area contributed by atoms with Gasteiger partial charge in [-0.25, -0.2) is 9.67 Å². The van der Waals surface area contributed by atoms with Crippen molar-refractivity contribution in [2.45, 2.75) is 57.7 Å². The van der Waals surface area contributed by atoms with E-state index in [9.17, 15) is 0 Å². The smallest absolute Gasteiger partial charge is 0.156 e. The second kappa shape index (κ2) is 4.97. The maximum Gasteiger partial charge on any atom is 0.156 e. The summed E-state index contributed by atoms with van der Waals surface area (Å²) in [6, 6.07) is 1.07. The normalized spacial score (nSPS) is 24.1. The van der Waals surface area contributed by atoms with Crippen molar-refractivity contribution < 1.29 is 4.74 Å². The van der Waals surface area contributed by atoms with Gasteiger partial charge in [0.15, 0.2) is 5.82 Å². The third-order valence-corrected chi connectivity index (χ3v) is 3.63. The van der Waals surface area contributed by atoms with Gasteiger partial charge in [-0.2, -0.15) is 5.10 Å². The van der Waals surface area contributed by atoms with Crippen LogP contribution in [0.25, 0.3) is 0 Å². The highest BCUT2D eigenvalue weighted by Crippen LogP contribution is 2.24. The lowest BCUT2D eigenvalue weighted by atomic mass is 10.1. The van der Waals surface area contributed by atoms with Gasteiger partial charge in [0, 0.05) is 24.6 Å². The highest BCUT2D eigenvalue weighted by atomic mass is 16.5. The lowest BCUT2D eigenvalue weighted by Crippen LogP contribution is -2.20. The van der Waals surface area contributed by atoms with E-state index in [-0.39, 0.29) is 0 Å². The molecule has 18 heavy (non-hydrogen) atoms. The quantitative estimate of drug-likeness (QED) is 0.862.